The second-order valence-corrected chi connectivity index (χ2v) is 17.2. The van der Waals surface area contributed by atoms with Crippen LogP contribution in [0.25, 0.3) is 22.2 Å². The monoisotopic (exact) mass is 870 g/mol. The van der Waals surface area contributed by atoms with Gasteiger partial charge in [0.05, 0.1) is 11.2 Å². The summed E-state index contributed by atoms with van der Waals surface area (Å²) in [4.78, 5) is 14.9. The van der Waals surface area contributed by atoms with Gasteiger partial charge in [0.25, 0.3) is 0 Å². The average Bonchev–Trinajstić information content (AvgIpc) is 3.36. The first-order valence-electron chi connectivity index (χ1n) is 24.2. The van der Waals surface area contributed by atoms with Crippen molar-refractivity contribution < 1.29 is 18.9 Å². The minimum absolute atomic E-state index is 0.158. The van der Waals surface area contributed by atoms with Crippen LogP contribution in [0.3, 0.4) is 0 Å². The lowest BCUT2D eigenvalue weighted by Gasteiger charge is -2.23. The molecule has 0 aliphatic carbocycles. The van der Waals surface area contributed by atoms with Crippen LogP contribution in [-0.4, -0.2) is 4.57 Å². The number of fused-ring (bicyclic) bond motifs is 1. The van der Waals surface area contributed by atoms with Gasteiger partial charge in [-0.15, -0.1) is 0 Å². The molecule has 0 unspecified atom stereocenters. The van der Waals surface area contributed by atoms with Gasteiger partial charge in [-0.1, -0.05) is 212 Å². The van der Waals surface area contributed by atoms with Gasteiger partial charge in [0.1, 0.15) is 32.2 Å². The molecule has 0 saturated heterocycles. The van der Waals surface area contributed by atoms with Crippen LogP contribution in [0.1, 0.15) is 119 Å². The topological polar surface area (TPSA) is 58.9 Å². The van der Waals surface area contributed by atoms with Crippen LogP contribution in [0.15, 0.2) is 163 Å². The Hall–Kier alpha value is -6.27. The van der Waals surface area contributed by atoms with Gasteiger partial charge in [0.2, 0.25) is 5.43 Å². The zero-order valence-corrected chi connectivity index (χ0v) is 38.4. The highest BCUT2D eigenvalue weighted by molar-refractivity contribution is 5.87. The van der Waals surface area contributed by atoms with E-state index in [9.17, 15) is 4.79 Å². The maximum absolute atomic E-state index is 14.9. The van der Waals surface area contributed by atoms with E-state index in [2.05, 4.69) is 47.9 Å². The standard InChI is InChI=1S/C59H67NO5/c1-2-3-4-5-6-7-8-9-10-11-12-13-14-27-40-60-54-42-52(62-43-47-28-19-15-20-29-47)37-38-53(54)58(61)59(65-46-50-34-25-18-26-35-50)57(60)51-36-39-55(63-44-48-30-21-16-22-31-48)56(41-51)64-45-49-32-23-17-24-33-49/h15-26,28-39,41-42H,2-14,27,40,43-46H2,1H3. The molecule has 338 valence electrons. The molecule has 0 saturated carbocycles. The molecule has 6 aromatic carbocycles. The molecule has 65 heavy (non-hydrogen) atoms. The summed E-state index contributed by atoms with van der Waals surface area (Å²) in [5.74, 6) is 2.23. The van der Waals surface area contributed by atoms with E-state index in [0.717, 1.165) is 46.2 Å². The van der Waals surface area contributed by atoms with E-state index in [1.165, 1.54) is 77.0 Å². The van der Waals surface area contributed by atoms with Gasteiger partial charge in [0, 0.05) is 23.6 Å². The smallest absolute Gasteiger partial charge is 0.231 e. The lowest BCUT2D eigenvalue weighted by molar-refractivity contribution is 0.256. The molecule has 1 aromatic heterocycles. The van der Waals surface area contributed by atoms with Gasteiger partial charge in [-0.2, -0.15) is 0 Å². The zero-order valence-electron chi connectivity index (χ0n) is 38.4. The first-order valence-corrected chi connectivity index (χ1v) is 24.2. The average molecular weight is 870 g/mol. The van der Waals surface area contributed by atoms with Crippen molar-refractivity contribution in [2.45, 2.75) is 130 Å². The minimum atomic E-state index is -0.158. The van der Waals surface area contributed by atoms with Gasteiger partial charge in [-0.05, 0) is 59.0 Å². The van der Waals surface area contributed by atoms with Crippen LogP contribution in [-0.2, 0) is 33.0 Å². The molecule has 0 bridgehead atoms. The number of pyridine rings is 1. The van der Waals surface area contributed by atoms with Crippen molar-refractivity contribution in [3.05, 3.63) is 190 Å². The van der Waals surface area contributed by atoms with E-state index >= 15 is 0 Å². The Morgan fingerprint density at radius 1 is 0.415 bits per heavy atom. The Morgan fingerprint density at radius 3 is 1.37 bits per heavy atom. The maximum Gasteiger partial charge on any atom is 0.231 e. The Labute approximate surface area is 387 Å². The van der Waals surface area contributed by atoms with Crippen LogP contribution >= 0.6 is 0 Å². The van der Waals surface area contributed by atoms with E-state index in [1.54, 1.807) is 0 Å². The van der Waals surface area contributed by atoms with E-state index in [0.29, 0.717) is 60.4 Å². The SMILES string of the molecule is CCCCCCCCCCCCCCCCn1c(-c2ccc(OCc3ccccc3)c(OCc3ccccc3)c2)c(OCc2ccccc2)c(=O)c2ccc(OCc3ccccc3)cc21. The van der Waals surface area contributed by atoms with Crippen molar-refractivity contribution in [1.82, 2.24) is 4.57 Å². The number of unbranched alkanes of at least 4 members (excludes halogenated alkanes) is 13. The lowest BCUT2D eigenvalue weighted by atomic mass is 10.0. The van der Waals surface area contributed by atoms with Gasteiger partial charge in [-0.25, -0.2) is 0 Å². The molecule has 0 spiro atoms. The summed E-state index contributed by atoms with van der Waals surface area (Å²) >= 11 is 0. The molecule has 7 rings (SSSR count). The molecule has 0 aliphatic rings. The summed E-state index contributed by atoms with van der Waals surface area (Å²) in [6, 6.07) is 52.3. The number of nitrogens with zero attached hydrogens (tertiary/aromatic N) is 1. The molecule has 0 N–H and O–H groups in total. The van der Waals surface area contributed by atoms with Crippen molar-refractivity contribution in [2.75, 3.05) is 0 Å². The fourth-order valence-electron chi connectivity index (χ4n) is 8.44. The van der Waals surface area contributed by atoms with Crippen LogP contribution in [0.2, 0.25) is 0 Å². The summed E-state index contributed by atoms with van der Waals surface area (Å²) in [5.41, 5.74) is 6.34. The molecule has 0 fully saturated rings. The molecule has 0 radical (unpaired) electrons. The molecule has 0 aliphatic heterocycles. The quantitative estimate of drug-likeness (QED) is 0.0459. The van der Waals surface area contributed by atoms with Crippen LogP contribution in [0.5, 0.6) is 23.0 Å². The first-order chi connectivity index (χ1) is 32.2. The fraction of sp³-hybridized carbons (Fsp3) is 0.339. The van der Waals surface area contributed by atoms with E-state index in [-0.39, 0.29) is 12.0 Å². The van der Waals surface area contributed by atoms with Crippen molar-refractivity contribution in [2.24, 2.45) is 0 Å². The predicted molar refractivity (Wildman–Crippen MR) is 267 cm³/mol. The summed E-state index contributed by atoms with van der Waals surface area (Å²) in [7, 11) is 0. The van der Waals surface area contributed by atoms with Crippen LogP contribution in [0, 0.1) is 0 Å². The number of rotatable bonds is 28. The molecular weight excluding hydrogens is 803 g/mol. The van der Waals surface area contributed by atoms with Crippen molar-refractivity contribution in [3.8, 4) is 34.3 Å². The van der Waals surface area contributed by atoms with Crippen molar-refractivity contribution in [1.29, 1.82) is 0 Å². The second-order valence-electron chi connectivity index (χ2n) is 17.2. The van der Waals surface area contributed by atoms with E-state index in [1.807, 2.05) is 121 Å². The fourth-order valence-corrected chi connectivity index (χ4v) is 8.44. The minimum Gasteiger partial charge on any atom is -0.489 e. The van der Waals surface area contributed by atoms with Crippen LogP contribution < -0.4 is 24.4 Å². The van der Waals surface area contributed by atoms with Gasteiger partial charge in [0.15, 0.2) is 17.2 Å². The van der Waals surface area contributed by atoms with Gasteiger partial charge >= 0.3 is 0 Å². The maximum atomic E-state index is 14.9. The Morgan fingerprint density at radius 2 is 0.862 bits per heavy atom. The van der Waals surface area contributed by atoms with Gasteiger partial charge < -0.3 is 23.5 Å². The number of aryl methyl sites for hydroxylation is 1. The number of ether oxygens (including phenoxy) is 4. The Kier molecular flexibility index (Phi) is 18.6. The van der Waals surface area contributed by atoms with E-state index in [4.69, 9.17) is 18.9 Å². The highest BCUT2D eigenvalue weighted by atomic mass is 16.5. The summed E-state index contributed by atoms with van der Waals surface area (Å²) in [5, 5.41) is 0.595. The number of aromatic nitrogens is 1. The van der Waals surface area contributed by atoms with Crippen molar-refractivity contribution >= 4 is 10.9 Å². The summed E-state index contributed by atoms with van der Waals surface area (Å²) in [6.07, 6.45) is 18.0. The first kappa shape index (κ1) is 46.7. The number of hydrogen-bond acceptors (Lipinski definition) is 5. The second kappa shape index (κ2) is 25.9. The third-order valence-electron chi connectivity index (χ3n) is 12.1. The highest BCUT2D eigenvalue weighted by Gasteiger charge is 2.23. The molecule has 7 aromatic rings. The summed E-state index contributed by atoms with van der Waals surface area (Å²) < 4.78 is 28.4. The molecule has 0 atom stereocenters. The summed E-state index contributed by atoms with van der Waals surface area (Å²) in [6.45, 7) is 4.40. The molecular formula is C59H67NO5. The molecule has 6 nitrogen and oxygen atoms in total. The largest absolute Gasteiger partial charge is 0.489 e. The number of hydrogen-bond donors (Lipinski definition) is 0. The third-order valence-corrected chi connectivity index (χ3v) is 12.1. The normalized spacial score (nSPS) is 11.2. The zero-order chi connectivity index (χ0) is 44.7. The van der Waals surface area contributed by atoms with E-state index < -0.39 is 0 Å². The molecule has 1 heterocycles. The Balaban J connectivity index is 1.21. The lowest BCUT2D eigenvalue weighted by Crippen LogP contribution is -2.17. The van der Waals surface area contributed by atoms with Crippen molar-refractivity contribution in [3.63, 3.8) is 0 Å². The highest BCUT2D eigenvalue weighted by Crippen LogP contribution is 2.39. The predicted octanol–water partition coefficient (Wildman–Crippen LogP) is 15.5. The Bertz CT molecular complexity index is 2500. The molecule has 6 heteroatoms. The molecule has 0 amide bonds. The number of benzene rings is 6. The van der Waals surface area contributed by atoms with Gasteiger partial charge in [-0.3, -0.25) is 4.79 Å². The van der Waals surface area contributed by atoms with Crippen LogP contribution in [0.4, 0.5) is 0 Å². The third kappa shape index (κ3) is 14.4.